The number of aromatic amines is 1. The number of rotatable bonds is 6. The third kappa shape index (κ3) is 4.08. The van der Waals surface area contributed by atoms with Crippen LogP contribution in [-0.4, -0.2) is 44.4 Å². The third-order valence-electron chi connectivity index (χ3n) is 6.49. The maximum Gasteiger partial charge on any atom is 0.335 e. The van der Waals surface area contributed by atoms with Gasteiger partial charge >= 0.3 is 5.97 Å². The molecule has 1 atom stereocenters. The molecule has 174 valence electrons. The minimum absolute atomic E-state index is 0.0193. The van der Waals surface area contributed by atoms with Gasteiger partial charge < -0.3 is 14.8 Å². The van der Waals surface area contributed by atoms with Gasteiger partial charge in [0.1, 0.15) is 5.75 Å². The highest BCUT2D eigenvalue weighted by molar-refractivity contribution is 6.30. The summed E-state index contributed by atoms with van der Waals surface area (Å²) in [5.41, 5.74) is 5.74. The first-order chi connectivity index (χ1) is 16.4. The number of hydrogen-bond acceptors (Lipinski definition) is 4. The standard InChI is InChI=1S/C26H25ClN4O3/c1-16-11-24(34-2)22(21-7-9-28-25(16)21)15-30-10-8-20(31-14-19(27)13-29-31)12-23(30)17-3-5-18(6-4-17)26(32)33/h3-9,11,13-14,23,28H,10,12,15H2,1-2H3,(H,32,33)/t23-/m0/s1. The van der Waals surface area contributed by atoms with Gasteiger partial charge in [-0.3, -0.25) is 4.90 Å². The number of nitrogens with zero attached hydrogens (tertiary/aromatic N) is 3. The van der Waals surface area contributed by atoms with Gasteiger partial charge in [0.25, 0.3) is 0 Å². The number of carboxylic acids is 1. The molecule has 0 spiro atoms. The number of hydrogen-bond donors (Lipinski definition) is 2. The fraction of sp³-hybridized carbons (Fsp3) is 0.231. The van der Waals surface area contributed by atoms with Crippen molar-refractivity contribution < 1.29 is 14.6 Å². The Morgan fingerprint density at radius 2 is 2.09 bits per heavy atom. The van der Waals surface area contributed by atoms with Gasteiger partial charge in [-0.05, 0) is 48.4 Å². The maximum atomic E-state index is 11.4. The quantitative estimate of drug-likeness (QED) is 0.382. The molecule has 0 fully saturated rings. The van der Waals surface area contributed by atoms with Gasteiger partial charge in [-0.1, -0.05) is 23.7 Å². The number of aromatic carboxylic acids is 1. The monoisotopic (exact) mass is 476 g/mol. The van der Waals surface area contributed by atoms with Crippen molar-refractivity contribution in [1.29, 1.82) is 0 Å². The number of carbonyl (C=O) groups is 1. The molecule has 0 bridgehead atoms. The van der Waals surface area contributed by atoms with Crippen molar-refractivity contribution in [2.75, 3.05) is 13.7 Å². The smallest absolute Gasteiger partial charge is 0.335 e. The Morgan fingerprint density at radius 3 is 2.76 bits per heavy atom. The summed E-state index contributed by atoms with van der Waals surface area (Å²) >= 11 is 6.11. The fourth-order valence-electron chi connectivity index (χ4n) is 4.74. The van der Waals surface area contributed by atoms with E-state index in [1.54, 1.807) is 31.6 Å². The summed E-state index contributed by atoms with van der Waals surface area (Å²) in [7, 11) is 1.70. The molecule has 0 saturated heterocycles. The van der Waals surface area contributed by atoms with Crippen LogP contribution in [0, 0.1) is 6.92 Å². The molecule has 0 radical (unpaired) electrons. The van der Waals surface area contributed by atoms with Crippen molar-refractivity contribution >= 4 is 34.2 Å². The molecule has 2 aromatic carbocycles. The lowest BCUT2D eigenvalue weighted by molar-refractivity contribution is 0.0697. The second-order valence-electron chi connectivity index (χ2n) is 8.52. The molecule has 2 N–H and O–H groups in total. The third-order valence-corrected chi connectivity index (χ3v) is 6.68. The van der Waals surface area contributed by atoms with E-state index in [2.05, 4.69) is 40.1 Å². The summed E-state index contributed by atoms with van der Waals surface area (Å²) in [6.07, 6.45) is 8.26. The Labute approximate surface area is 202 Å². The molecule has 0 amide bonds. The number of aromatic nitrogens is 3. The van der Waals surface area contributed by atoms with Crippen LogP contribution in [-0.2, 0) is 6.54 Å². The first-order valence-corrected chi connectivity index (χ1v) is 11.4. The van der Waals surface area contributed by atoms with Gasteiger partial charge in [0.15, 0.2) is 0 Å². The Hall–Kier alpha value is -3.55. The van der Waals surface area contributed by atoms with E-state index >= 15 is 0 Å². The summed E-state index contributed by atoms with van der Waals surface area (Å²) < 4.78 is 7.59. The van der Waals surface area contributed by atoms with Crippen LogP contribution >= 0.6 is 11.6 Å². The van der Waals surface area contributed by atoms with Crippen molar-refractivity contribution in [2.45, 2.75) is 25.9 Å². The van der Waals surface area contributed by atoms with Gasteiger partial charge in [-0.15, -0.1) is 0 Å². The molecule has 34 heavy (non-hydrogen) atoms. The molecule has 1 aliphatic rings. The number of ether oxygens (including phenoxy) is 1. The Morgan fingerprint density at radius 1 is 1.29 bits per heavy atom. The van der Waals surface area contributed by atoms with Crippen LogP contribution in [0.4, 0.5) is 0 Å². The van der Waals surface area contributed by atoms with Crippen LogP contribution in [0.1, 0.15) is 39.5 Å². The number of H-pyrrole nitrogens is 1. The fourth-order valence-corrected chi connectivity index (χ4v) is 4.88. The van der Waals surface area contributed by atoms with E-state index in [1.165, 1.54) is 0 Å². The van der Waals surface area contributed by atoms with Gasteiger partial charge in [0, 0.05) is 60.1 Å². The zero-order chi connectivity index (χ0) is 23.8. The second kappa shape index (κ2) is 9.00. The van der Waals surface area contributed by atoms with Crippen molar-refractivity contribution in [2.24, 2.45) is 0 Å². The zero-order valence-electron chi connectivity index (χ0n) is 19.0. The van der Waals surface area contributed by atoms with Crippen LogP contribution in [0.15, 0.2) is 61.1 Å². The molecule has 0 unspecified atom stereocenters. The minimum Gasteiger partial charge on any atom is -0.496 e. The molecule has 0 aliphatic carbocycles. The number of fused-ring (bicyclic) bond motifs is 1. The average molecular weight is 477 g/mol. The highest BCUT2D eigenvalue weighted by Gasteiger charge is 2.28. The molecular weight excluding hydrogens is 452 g/mol. The van der Waals surface area contributed by atoms with Crippen molar-refractivity contribution in [1.82, 2.24) is 19.7 Å². The number of carboxylic acid groups (broad SMARTS) is 1. The van der Waals surface area contributed by atoms with Gasteiger partial charge in [0.05, 0.1) is 23.9 Å². The predicted molar refractivity (Wildman–Crippen MR) is 132 cm³/mol. The van der Waals surface area contributed by atoms with Crippen molar-refractivity contribution in [3.05, 3.63) is 88.3 Å². The highest BCUT2D eigenvalue weighted by atomic mass is 35.5. The lowest BCUT2D eigenvalue weighted by atomic mass is 9.94. The maximum absolute atomic E-state index is 11.4. The first-order valence-electron chi connectivity index (χ1n) is 11.0. The number of benzene rings is 2. The van der Waals surface area contributed by atoms with E-state index in [0.717, 1.165) is 39.0 Å². The Bertz CT molecular complexity index is 1390. The lowest BCUT2D eigenvalue weighted by Crippen LogP contribution is -2.33. The van der Waals surface area contributed by atoms with Gasteiger partial charge in [-0.25, -0.2) is 9.48 Å². The van der Waals surface area contributed by atoms with Crippen LogP contribution in [0.5, 0.6) is 5.75 Å². The Kier molecular flexibility index (Phi) is 5.89. The minimum atomic E-state index is -0.932. The zero-order valence-corrected chi connectivity index (χ0v) is 19.7. The van der Waals surface area contributed by atoms with E-state index < -0.39 is 5.97 Å². The van der Waals surface area contributed by atoms with Gasteiger partial charge in [-0.2, -0.15) is 5.10 Å². The molecule has 7 nitrogen and oxygen atoms in total. The highest BCUT2D eigenvalue weighted by Crippen LogP contribution is 2.38. The summed E-state index contributed by atoms with van der Waals surface area (Å²) in [4.78, 5) is 17.1. The van der Waals surface area contributed by atoms with E-state index in [9.17, 15) is 9.90 Å². The van der Waals surface area contributed by atoms with Crippen LogP contribution < -0.4 is 4.74 Å². The van der Waals surface area contributed by atoms with Crippen LogP contribution in [0.2, 0.25) is 5.02 Å². The van der Waals surface area contributed by atoms with Crippen LogP contribution in [0.3, 0.4) is 0 Å². The van der Waals surface area contributed by atoms with E-state index in [4.69, 9.17) is 16.3 Å². The van der Waals surface area contributed by atoms with E-state index in [-0.39, 0.29) is 11.6 Å². The normalized spacial score (nSPS) is 16.6. The average Bonchev–Trinajstić information content (AvgIpc) is 3.51. The number of aryl methyl sites for hydroxylation is 1. The van der Waals surface area contributed by atoms with Crippen LogP contribution in [0.25, 0.3) is 16.6 Å². The summed E-state index contributed by atoms with van der Waals surface area (Å²) in [5, 5.41) is 15.4. The molecular formula is C26H25ClN4O3. The number of nitrogens with one attached hydrogen (secondary N) is 1. The SMILES string of the molecule is COc1cc(C)c2[nH]ccc2c1CN1CC=C(n2cc(Cl)cn2)C[C@H]1c1ccc(C(=O)O)cc1. The number of halogens is 1. The molecule has 0 saturated carbocycles. The van der Waals surface area contributed by atoms with E-state index in [1.807, 2.05) is 23.0 Å². The summed E-state index contributed by atoms with van der Waals surface area (Å²) in [6.45, 7) is 3.44. The summed E-state index contributed by atoms with van der Waals surface area (Å²) in [6, 6.07) is 11.3. The molecule has 1 aliphatic heterocycles. The molecule has 2 aromatic heterocycles. The van der Waals surface area contributed by atoms with Gasteiger partial charge in [0.2, 0.25) is 0 Å². The molecule has 8 heteroatoms. The van der Waals surface area contributed by atoms with E-state index in [0.29, 0.717) is 24.5 Å². The number of methoxy groups -OCH3 is 1. The molecule has 4 aromatic rings. The first kappa shape index (κ1) is 22.3. The summed E-state index contributed by atoms with van der Waals surface area (Å²) in [5.74, 6) is -0.0729. The molecule has 5 rings (SSSR count). The van der Waals surface area contributed by atoms with Crippen molar-refractivity contribution in [3.8, 4) is 5.75 Å². The molecule has 3 heterocycles. The topological polar surface area (TPSA) is 83.4 Å². The van der Waals surface area contributed by atoms with Crippen molar-refractivity contribution in [3.63, 3.8) is 0 Å². The lowest BCUT2D eigenvalue weighted by Gasteiger charge is -2.36. The predicted octanol–water partition coefficient (Wildman–Crippen LogP) is 5.52. The Balaban J connectivity index is 1.55. The second-order valence-corrected chi connectivity index (χ2v) is 8.95. The largest absolute Gasteiger partial charge is 0.496 e.